The summed E-state index contributed by atoms with van der Waals surface area (Å²) in [4.78, 5) is 26.6. The zero-order valence-corrected chi connectivity index (χ0v) is 12.6. The Kier molecular flexibility index (Phi) is 4.82. The number of ether oxygens (including phenoxy) is 1. The molecule has 0 aromatic carbocycles. The molecule has 2 heterocycles. The van der Waals surface area contributed by atoms with Crippen molar-refractivity contribution >= 4 is 11.9 Å². The molecule has 2 aliphatic rings. The van der Waals surface area contributed by atoms with E-state index in [1.165, 1.54) is 4.90 Å². The first-order valence-electron chi connectivity index (χ1n) is 7.16. The van der Waals surface area contributed by atoms with Gasteiger partial charge in [-0.3, -0.25) is 19.4 Å². The summed E-state index contributed by atoms with van der Waals surface area (Å²) in [7, 11) is 1.61. The highest BCUT2D eigenvalue weighted by Gasteiger charge is 2.44. The van der Waals surface area contributed by atoms with Gasteiger partial charge in [-0.1, -0.05) is 0 Å². The Morgan fingerprint density at radius 3 is 2.43 bits per heavy atom. The second kappa shape index (κ2) is 6.27. The number of rotatable bonds is 4. The van der Waals surface area contributed by atoms with E-state index >= 15 is 0 Å². The first-order valence-corrected chi connectivity index (χ1v) is 7.16. The van der Waals surface area contributed by atoms with Crippen LogP contribution in [0.15, 0.2) is 0 Å². The Morgan fingerprint density at radius 1 is 1.24 bits per heavy atom. The van der Waals surface area contributed by atoms with Gasteiger partial charge in [-0.2, -0.15) is 5.06 Å². The molecule has 0 saturated carbocycles. The Labute approximate surface area is 123 Å². The number of likely N-dealkylation sites (tertiary alicyclic amines) is 1. The number of nitrogens with zero attached hydrogens (tertiary/aromatic N) is 3. The van der Waals surface area contributed by atoms with E-state index in [-0.39, 0.29) is 12.5 Å². The Balaban J connectivity index is 1.89. The molecule has 0 aromatic rings. The van der Waals surface area contributed by atoms with Crippen molar-refractivity contribution in [2.45, 2.75) is 44.6 Å². The van der Waals surface area contributed by atoms with Crippen LogP contribution in [0.1, 0.15) is 20.3 Å². The van der Waals surface area contributed by atoms with Crippen LogP contribution in [-0.2, 0) is 14.3 Å². The maximum atomic E-state index is 12.2. The zero-order valence-electron chi connectivity index (χ0n) is 12.6. The molecule has 0 aromatic heterocycles. The first kappa shape index (κ1) is 16.2. The maximum absolute atomic E-state index is 12.2. The number of piperazine rings is 1. The number of hydroxylamine groups is 2. The lowest BCUT2D eigenvalue weighted by atomic mass is 10.0. The van der Waals surface area contributed by atoms with Crippen molar-refractivity contribution < 1.29 is 24.6 Å². The summed E-state index contributed by atoms with van der Waals surface area (Å²) < 4.78 is 5.31. The highest BCUT2D eigenvalue weighted by Crippen LogP contribution is 2.25. The molecular formula is C13H23N3O5. The molecule has 3 unspecified atom stereocenters. The third kappa shape index (κ3) is 3.34. The minimum absolute atomic E-state index is 0.281. The average Bonchev–Trinajstić information content (AvgIpc) is 2.41. The second-order valence-corrected chi connectivity index (χ2v) is 5.91. The fraction of sp³-hybridized carbons (Fsp3) is 0.846. The largest absolute Gasteiger partial charge is 0.480 e. The molecule has 0 radical (unpaired) electrons. The average molecular weight is 301 g/mol. The molecule has 2 saturated heterocycles. The lowest BCUT2D eigenvalue weighted by molar-refractivity contribution is -0.213. The molecule has 0 aliphatic carbocycles. The Hall–Kier alpha value is -1.22. The number of aliphatic carboxylic acids is 1. The molecule has 2 N–H and O–H groups in total. The molecule has 2 fully saturated rings. The third-order valence-corrected chi connectivity index (χ3v) is 4.29. The predicted octanol–water partition coefficient (Wildman–Crippen LogP) is -0.572. The summed E-state index contributed by atoms with van der Waals surface area (Å²) in [6, 6.07) is -1.04. The highest BCUT2D eigenvalue weighted by atomic mass is 16.6. The smallest absolute Gasteiger partial charge is 0.328 e. The van der Waals surface area contributed by atoms with Gasteiger partial charge < -0.3 is 15.1 Å². The molecule has 21 heavy (non-hydrogen) atoms. The van der Waals surface area contributed by atoms with Crippen LogP contribution in [0.4, 0.5) is 0 Å². The molecule has 3 atom stereocenters. The number of carboxylic acids is 1. The van der Waals surface area contributed by atoms with Gasteiger partial charge in [0.05, 0.1) is 0 Å². The van der Waals surface area contributed by atoms with Crippen LogP contribution in [0.3, 0.4) is 0 Å². The van der Waals surface area contributed by atoms with E-state index in [0.29, 0.717) is 19.6 Å². The van der Waals surface area contributed by atoms with Gasteiger partial charge in [0.2, 0.25) is 0 Å². The first-order chi connectivity index (χ1) is 9.81. The quantitative estimate of drug-likeness (QED) is 0.667. The lowest BCUT2D eigenvalue weighted by Gasteiger charge is -2.44. The van der Waals surface area contributed by atoms with Crippen LogP contribution in [0.2, 0.25) is 0 Å². The number of carbonyl (C=O) groups is 2. The molecular weight excluding hydrogens is 278 g/mol. The van der Waals surface area contributed by atoms with Crippen molar-refractivity contribution in [1.82, 2.24) is 14.9 Å². The van der Waals surface area contributed by atoms with Gasteiger partial charge in [-0.15, -0.1) is 0 Å². The van der Waals surface area contributed by atoms with E-state index in [0.717, 1.165) is 5.06 Å². The third-order valence-electron chi connectivity index (χ3n) is 4.29. The van der Waals surface area contributed by atoms with E-state index in [4.69, 9.17) is 9.84 Å². The fourth-order valence-electron chi connectivity index (χ4n) is 2.66. The number of likely N-dealkylation sites (N-methyl/N-ethyl adjacent to an activating group) is 1. The topological polar surface area (TPSA) is 93.6 Å². The van der Waals surface area contributed by atoms with E-state index in [1.807, 2.05) is 13.8 Å². The fourth-order valence-corrected chi connectivity index (χ4v) is 2.66. The Bertz CT molecular complexity index is 417. The van der Waals surface area contributed by atoms with Gasteiger partial charge in [-0.05, 0) is 20.9 Å². The summed E-state index contributed by atoms with van der Waals surface area (Å²) in [6.45, 7) is 5.56. The highest BCUT2D eigenvalue weighted by molar-refractivity contribution is 5.77. The predicted molar refractivity (Wildman–Crippen MR) is 72.7 cm³/mol. The van der Waals surface area contributed by atoms with Gasteiger partial charge in [0.25, 0.3) is 0 Å². The number of carboxylic acid groups (broad SMARTS) is 1. The number of hydrogen-bond acceptors (Lipinski definition) is 7. The van der Waals surface area contributed by atoms with E-state index in [9.17, 15) is 14.8 Å². The number of hydrogen-bond donors (Lipinski definition) is 2. The van der Waals surface area contributed by atoms with Gasteiger partial charge in [0.1, 0.15) is 12.1 Å². The van der Waals surface area contributed by atoms with Crippen LogP contribution in [0, 0.1) is 0 Å². The molecule has 2 aliphatic heterocycles. The van der Waals surface area contributed by atoms with Crippen molar-refractivity contribution in [3.8, 4) is 0 Å². The maximum Gasteiger partial charge on any atom is 0.328 e. The minimum atomic E-state index is -0.919. The molecule has 0 bridgehead atoms. The van der Waals surface area contributed by atoms with E-state index < -0.39 is 30.3 Å². The SMILES string of the molecule is CC(C)N1CCN(O)C(C(=O)OC2CC(C(=O)O)N2C)C1. The Morgan fingerprint density at radius 2 is 1.90 bits per heavy atom. The second-order valence-electron chi connectivity index (χ2n) is 5.91. The van der Waals surface area contributed by atoms with Crippen molar-refractivity contribution in [3.05, 3.63) is 0 Å². The standard InChI is InChI=1S/C13H23N3O5/c1-8(2)15-4-5-16(20)10(7-15)13(19)21-11-6-9(12(17)18)14(11)3/h8-11,20H,4-7H2,1-3H3,(H,17,18). The number of carbonyl (C=O) groups excluding carboxylic acids is 1. The van der Waals surface area contributed by atoms with Crippen LogP contribution in [0.5, 0.6) is 0 Å². The monoisotopic (exact) mass is 301 g/mol. The number of esters is 1. The summed E-state index contributed by atoms with van der Waals surface area (Å²) in [6.07, 6.45) is -0.245. The zero-order chi connectivity index (χ0) is 15.7. The molecule has 120 valence electrons. The van der Waals surface area contributed by atoms with Crippen LogP contribution in [-0.4, -0.2) is 88.2 Å². The summed E-state index contributed by atoms with van der Waals surface area (Å²) in [5.41, 5.74) is 0. The van der Waals surface area contributed by atoms with Gasteiger partial charge in [0.15, 0.2) is 6.23 Å². The van der Waals surface area contributed by atoms with Gasteiger partial charge in [0, 0.05) is 32.1 Å². The normalized spacial score (nSPS) is 32.0. The van der Waals surface area contributed by atoms with Crippen molar-refractivity contribution in [1.29, 1.82) is 0 Å². The van der Waals surface area contributed by atoms with Gasteiger partial charge >= 0.3 is 11.9 Å². The van der Waals surface area contributed by atoms with Crippen LogP contribution < -0.4 is 0 Å². The van der Waals surface area contributed by atoms with Crippen LogP contribution in [0.25, 0.3) is 0 Å². The molecule has 8 nitrogen and oxygen atoms in total. The molecule has 8 heteroatoms. The van der Waals surface area contributed by atoms with Crippen molar-refractivity contribution in [2.24, 2.45) is 0 Å². The minimum Gasteiger partial charge on any atom is -0.480 e. The van der Waals surface area contributed by atoms with Gasteiger partial charge in [-0.25, -0.2) is 0 Å². The summed E-state index contributed by atoms with van der Waals surface area (Å²) >= 11 is 0. The van der Waals surface area contributed by atoms with E-state index in [1.54, 1.807) is 7.05 Å². The molecule has 2 rings (SSSR count). The van der Waals surface area contributed by atoms with E-state index in [2.05, 4.69) is 4.90 Å². The van der Waals surface area contributed by atoms with Crippen molar-refractivity contribution in [2.75, 3.05) is 26.7 Å². The summed E-state index contributed by atoms with van der Waals surface area (Å²) in [5, 5.41) is 19.8. The lowest BCUT2D eigenvalue weighted by Crippen LogP contribution is -2.62. The molecule has 0 spiro atoms. The summed E-state index contributed by atoms with van der Waals surface area (Å²) in [5.74, 6) is -1.43. The van der Waals surface area contributed by atoms with Crippen molar-refractivity contribution in [3.63, 3.8) is 0 Å². The molecule has 0 amide bonds. The van der Waals surface area contributed by atoms with Crippen LogP contribution >= 0.6 is 0 Å².